The summed E-state index contributed by atoms with van der Waals surface area (Å²) in [6, 6.07) is 13.2. The molecule has 0 aliphatic heterocycles. The van der Waals surface area contributed by atoms with Crippen molar-refractivity contribution in [1.82, 2.24) is 9.97 Å². The predicted octanol–water partition coefficient (Wildman–Crippen LogP) is 3.68. The average Bonchev–Trinajstić information content (AvgIpc) is 2.46. The molecule has 0 amide bonds. The molecule has 0 spiro atoms. The van der Waals surface area contributed by atoms with Gasteiger partial charge in [0, 0.05) is 28.5 Å². The Balaban J connectivity index is 1.95. The summed E-state index contributed by atoms with van der Waals surface area (Å²) in [5, 5.41) is 0.710. The number of fused-ring (bicyclic) bond motifs is 1. The second-order valence-electron chi connectivity index (χ2n) is 4.02. The lowest BCUT2D eigenvalue weighted by molar-refractivity contribution is 1.33. The van der Waals surface area contributed by atoms with E-state index in [0.717, 1.165) is 22.2 Å². The summed E-state index contributed by atoms with van der Waals surface area (Å²) < 4.78 is 0. The van der Waals surface area contributed by atoms with Crippen LogP contribution in [-0.4, -0.2) is 9.97 Å². The zero-order valence-electron chi connectivity index (χ0n) is 9.97. The fraction of sp³-hybridized carbons (Fsp3) is 0. The molecule has 0 aliphatic carbocycles. The minimum absolute atomic E-state index is 0.710. The maximum absolute atomic E-state index is 5.83. The van der Waals surface area contributed by atoms with E-state index in [1.807, 2.05) is 42.5 Å². The first-order valence-corrected chi connectivity index (χ1v) is 6.17. The van der Waals surface area contributed by atoms with Crippen molar-refractivity contribution < 1.29 is 0 Å². The fourth-order valence-electron chi connectivity index (χ4n) is 1.70. The Morgan fingerprint density at radius 2 is 1.63 bits per heavy atom. The van der Waals surface area contributed by atoms with E-state index < -0.39 is 0 Å². The van der Waals surface area contributed by atoms with Gasteiger partial charge in [-0.15, -0.1) is 0 Å². The molecule has 2 nitrogen and oxygen atoms in total. The topological polar surface area (TPSA) is 25.8 Å². The molecule has 0 saturated carbocycles. The molecular weight excluding hydrogens is 256 g/mol. The number of aromatic nitrogens is 2. The van der Waals surface area contributed by atoms with Gasteiger partial charge in [0.05, 0.1) is 11.0 Å². The fourth-order valence-corrected chi connectivity index (χ4v) is 1.82. The zero-order chi connectivity index (χ0) is 13.1. The molecule has 90 valence electrons. The molecule has 0 fully saturated rings. The summed E-state index contributed by atoms with van der Waals surface area (Å²) in [6.45, 7) is 0. The second kappa shape index (κ2) is 5.09. The lowest BCUT2D eigenvalue weighted by Gasteiger charge is -1.95. The van der Waals surface area contributed by atoms with Crippen molar-refractivity contribution in [3.05, 3.63) is 71.0 Å². The van der Waals surface area contributed by atoms with Crippen LogP contribution in [0, 0.1) is 11.8 Å². The molecule has 3 aromatic rings. The van der Waals surface area contributed by atoms with Crippen molar-refractivity contribution in [3.63, 3.8) is 0 Å². The van der Waals surface area contributed by atoms with Crippen LogP contribution in [-0.2, 0) is 0 Å². The Bertz CT molecular complexity index is 783. The quantitative estimate of drug-likeness (QED) is 0.579. The second-order valence-corrected chi connectivity index (χ2v) is 4.46. The Kier molecular flexibility index (Phi) is 3.14. The van der Waals surface area contributed by atoms with E-state index in [1.165, 1.54) is 0 Å². The van der Waals surface area contributed by atoms with Gasteiger partial charge < -0.3 is 0 Å². The number of nitrogens with zero attached hydrogens (tertiary/aromatic N) is 2. The van der Waals surface area contributed by atoms with Crippen molar-refractivity contribution in [2.75, 3.05) is 0 Å². The summed E-state index contributed by atoms with van der Waals surface area (Å²) >= 11 is 5.83. The summed E-state index contributed by atoms with van der Waals surface area (Å²) in [5.74, 6) is 6.15. The maximum atomic E-state index is 5.83. The molecule has 0 aliphatic rings. The van der Waals surface area contributed by atoms with Crippen LogP contribution in [0.3, 0.4) is 0 Å². The lowest BCUT2D eigenvalue weighted by Crippen LogP contribution is -1.84. The van der Waals surface area contributed by atoms with Crippen molar-refractivity contribution in [3.8, 4) is 11.8 Å². The monoisotopic (exact) mass is 264 g/mol. The molecule has 3 rings (SSSR count). The van der Waals surface area contributed by atoms with Gasteiger partial charge in [0.1, 0.15) is 0 Å². The molecule has 3 heteroatoms. The number of hydrogen-bond donors (Lipinski definition) is 0. The van der Waals surface area contributed by atoms with Gasteiger partial charge in [-0.05, 0) is 42.5 Å². The third-order valence-electron chi connectivity index (χ3n) is 2.65. The molecule has 0 N–H and O–H groups in total. The minimum atomic E-state index is 0.710. The van der Waals surface area contributed by atoms with E-state index >= 15 is 0 Å². The number of hydrogen-bond acceptors (Lipinski definition) is 2. The molecule has 0 saturated heterocycles. The van der Waals surface area contributed by atoms with Crippen LogP contribution in [0.15, 0.2) is 54.9 Å². The standard InChI is InChI=1S/C16H9ClN2/c17-14-7-5-12(6-8-14)3-4-13-10-16-15(19-11-13)2-1-9-18-16/h1-2,5-11H. The van der Waals surface area contributed by atoms with E-state index in [4.69, 9.17) is 11.6 Å². The van der Waals surface area contributed by atoms with Gasteiger partial charge in [-0.2, -0.15) is 0 Å². The van der Waals surface area contributed by atoms with Crippen molar-refractivity contribution in [2.24, 2.45) is 0 Å². The Labute approximate surface area is 116 Å². The molecule has 2 heterocycles. The highest BCUT2D eigenvalue weighted by atomic mass is 35.5. The van der Waals surface area contributed by atoms with E-state index in [-0.39, 0.29) is 0 Å². The molecule has 0 unspecified atom stereocenters. The minimum Gasteiger partial charge on any atom is -0.255 e. The van der Waals surface area contributed by atoms with E-state index in [9.17, 15) is 0 Å². The smallest absolute Gasteiger partial charge is 0.0899 e. The first-order valence-electron chi connectivity index (χ1n) is 5.80. The van der Waals surface area contributed by atoms with Gasteiger partial charge in [0.2, 0.25) is 0 Å². The number of halogens is 1. The molecule has 0 atom stereocenters. The Morgan fingerprint density at radius 3 is 2.47 bits per heavy atom. The van der Waals surface area contributed by atoms with Crippen LogP contribution >= 0.6 is 11.6 Å². The third kappa shape index (κ3) is 2.73. The van der Waals surface area contributed by atoms with Crippen LogP contribution < -0.4 is 0 Å². The number of pyridine rings is 2. The average molecular weight is 265 g/mol. The van der Waals surface area contributed by atoms with E-state index in [2.05, 4.69) is 21.8 Å². The van der Waals surface area contributed by atoms with Crippen LogP contribution in [0.25, 0.3) is 11.0 Å². The van der Waals surface area contributed by atoms with Gasteiger partial charge in [0.25, 0.3) is 0 Å². The Morgan fingerprint density at radius 1 is 0.842 bits per heavy atom. The normalized spacial score (nSPS) is 9.95. The maximum Gasteiger partial charge on any atom is 0.0899 e. The molecule has 2 aromatic heterocycles. The summed E-state index contributed by atoms with van der Waals surface area (Å²) in [4.78, 5) is 8.58. The molecule has 0 radical (unpaired) electrons. The largest absolute Gasteiger partial charge is 0.255 e. The molecule has 1 aromatic carbocycles. The van der Waals surface area contributed by atoms with E-state index in [0.29, 0.717) is 5.02 Å². The number of rotatable bonds is 0. The summed E-state index contributed by atoms with van der Waals surface area (Å²) in [7, 11) is 0. The lowest BCUT2D eigenvalue weighted by atomic mass is 10.2. The Hall–Kier alpha value is -2.37. The van der Waals surface area contributed by atoms with Crippen molar-refractivity contribution >= 4 is 22.6 Å². The summed E-state index contributed by atoms with van der Waals surface area (Å²) in [5.41, 5.74) is 3.50. The highest BCUT2D eigenvalue weighted by Gasteiger charge is 1.95. The van der Waals surface area contributed by atoms with Crippen molar-refractivity contribution in [2.45, 2.75) is 0 Å². The van der Waals surface area contributed by atoms with Crippen LogP contribution in [0.2, 0.25) is 5.02 Å². The van der Waals surface area contributed by atoms with Crippen LogP contribution in [0.1, 0.15) is 11.1 Å². The highest BCUT2D eigenvalue weighted by molar-refractivity contribution is 6.30. The molecule has 0 bridgehead atoms. The van der Waals surface area contributed by atoms with Gasteiger partial charge in [0.15, 0.2) is 0 Å². The zero-order valence-corrected chi connectivity index (χ0v) is 10.7. The van der Waals surface area contributed by atoms with Gasteiger partial charge in [-0.1, -0.05) is 23.4 Å². The van der Waals surface area contributed by atoms with Crippen molar-refractivity contribution in [1.29, 1.82) is 0 Å². The van der Waals surface area contributed by atoms with Gasteiger partial charge in [-0.25, -0.2) is 0 Å². The SMILES string of the molecule is Clc1ccc(C#Cc2cnc3cccnc3c2)cc1. The molecule has 19 heavy (non-hydrogen) atoms. The van der Waals surface area contributed by atoms with Crippen LogP contribution in [0.5, 0.6) is 0 Å². The molecular formula is C16H9ClN2. The van der Waals surface area contributed by atoms with Gasteiger partial charge in [-0.3, -0.25) is 9.97 Å². The van der Waals surface area contributed by atoms with E-state index in [1.54, 1.807) is 12.4 Å². The third-order valence-corrected chi connectivity index (χ3v) is 2.90. The highest BCUT2D eigenvalue weighted by Crippen LogP contribution is 2.10. The summed E-state index contributed by atoms with van der Waals surface area (Å²) in [6.07, 6.45) is 3.51. The first kappa shape index (κ1) is 11.7. The predicted molar refractivity (Wildman–Crippen MR) is 77.0 cm³/mol. The van der Waals surface area contributed by atoms with Crippen LogP contribution in [0.4, 0.5) is 0 Å². The first-order chi connectivity index (χ1) is 9.31. The van der Waals surface area contributed by atoms with Gasteiger partial charge >= 0.3 is 0 Å². The number of benzene rings is 1.